The molecule has 0 saturated carbocycles. The molecule has 0 aliphatic carbocycles. The highest BCUT2D eigenvalue weighted by Gasteiger charge is 2.35. The van der Waals surface area contributed by atoms with Crippen LogP contribution in [0.25, 0.3) is 11.1 Å². The fraction of sp³-hybridized carbons (Fsp3) is 0.667. The first-order valence-electron chi connectivity index (χ1n) is 15.9. The molecule has 218 valence electrons. The van der Waals surface area contributed by atoms with Gasteiger partial charge in [0.1, 0.15) is 5.75 Å². The SMILES string of the molecule is CCCCCC(C)(C)c1ccc2c(c1)[PH](=O)Oc1c-2cc(C(C)(C)CCCCC)cc1C(C)(C)CCCCC. The van der Waals surface area contributed by atoms with Crippen molar-refractivity contribution in [2.24, 2.45) is 0 Å². The Morgan fingerprint density at radius 1 is 0.615 bits per heavy atom. The molecule has 1 unspecified atom stereocenters. The largest absolute Gasteiger partial charge is 0.441 e. The van der Waals surface area contributed by atoms with Gasteiger partial charge in [-0.25, -0.2) is 0 Å². The van der Waals surface area contributed by atoms with Crippen molar-refractivity contribution in [2.75, 3.05) is 0 Å². The Morgan fingerprint density at radius 2 is 1.13 bits per heavy atom. The zero-order chi connectivity index (χ0) is 28.8. The first-order chi connectivity index (χ1) is 18.4. The number of benzene rings is 2. The van der Waals surface area contributed by atoms with Crippen LogP contribution in [0.1, 0.15) is 156 Å². The van der Waals surface area contributed by atoms with Crippen LogP contribution in [0.2, 0.25) is 0 Å². The molecule has 2 nitrogen and oxygen atoms in total. The lowest BCUT2D eigenvalue weighted by Gasteiger charge is -2.35. The van der Waals surface area contributed by atoms with Crippen LogP contribution in [0.4, 0.5) is 0 Å². The zero-order valence-corrected chi connectivity index (χ0v) is 27.7. The van der Waals surface area contributed by atoms with Gasteiger partial charge in [0, 0.05) is 11.1 Å². The quantitative estimate of drug-likeness (QED) is 0.162. The van der Waals surface area contributed by atoms with Crippen molar-refractivity contribution in [3.8, 4) is 16.9 Å². The number of hydrogen-bond donors (Lipinski definition) is 0. The number of fused-ring (bicyclic) bond motifs is 3. The Labute approximate surface area is 241 Å². The fourth-order valence-electron chi connectivity index (χ4n) is 6.22. The Balaban J connectivity index is 2.14. The second-order valence-electron chi connectivity index (χ2n) is 14.1. The smallest absolute Gasteiger partial charge is 0.266 e. The highest BCUT2D eigenvalue weighted by Crippen LogP contribution is 2.51. The highest BCUT2D eigenvalue weighted by molar-refractivity contribution is 7.49. The molecule has 0 fully saturated rings. The number of unbranched alkanes of at least 4 members (excludes halogenated alkanes) is 6. The van der Waals surface area contributed by atoms with Crippen molar-refractivity contribution < 1.29 is 9.09 Å². The molecule has 0 N–H and O–H groups in total. The predicted molar refractivity (Wildman–Crippen MR) is 173 cm³/mol. The normalized spacial score (nSPS) is 15.6. The highest BCUT2D eigenvalue weighted by atomic mass is 31.1. The van der Waals surface area contributed by atoms with Gasteiger partial charge in [-0.1, -0.05) is 138 Å². The van der Waals surface area contributed by atoms with Gasteiger partial charge >= 0.3 is 0 Å². The van der Waals surface area contributed by atoms with Crippen LogP contribution in [-0.2, 0) is 20.8 Å². The van der Waals surface area contributed by atoms with Gasteiger partial charge in [0.15, 0.2) is 0 Å². The summed E-state index contributed by atoms with van der Waals surface area (Å²) < 4.78 is 20.2. The van der Waals surface area contributed by atoms with Gasteiger partial charge in [-0.15, -0.1) is 0 Å². The molecule has 0 amide bonds. The lowest BCUT2D eigenvalue weighted by Crippen LogP contribution is -2.25. The third-order valence-corrected chi connectivity index (χ3v) is 10.6. The van der Waals surface area contributed by atoms with E-state index in [9.17, 15) is 4.57 Å². The number of rotatable bonds is 15. The van der Waals surface area contributed by atoms with E-state index in [0.717, 1.165) is 35.0 Å². The van der Waals surface area contributed by atoms with Crippen molar-refractivity contribution in [1.82, 2.24) is 0 Å². The van der Waals surface area contributed by atoms with E-state index in [2.05, 4.69) is 92.6 Å². The molecule has 2 aromatic carbocycles. The minimum atomic E-state index is -2.39. The minimum absolute atomic E-state index is 0.0460. The van der Waals surface area contributed by atoms with Gasteiger partial charge in [0.25, 0.3) is 8.03 Å². The standard InChI is InChI=1S/C36H57O2P/c1-10-13-16-21-34(4,5)27-19-20-29-30-24-28(35(6,7)22-17-14-11-2)25-31(36(8,9)23-18-15-12-3)33(30)38-39(37)32(29)26-27/h19-20,24-26,39H,10-18,21-23H2,1-9H3. The summed E-state index contributed by atoms with van der Waals surface area (Å²) in [7, 11) is -2.39. The van der Waals surface area contributed by atoms with Crippen LogP contribution in [0, 0.1) is 0 Å². The molecule has 3 heteroatoms. The van der Waals surface area contributed by atoms with Crippen LogP contribution >= 0.6 is 8.03 Å². The predicted octanol–water partition coefficient (Wildman–Crippen LogP) is 11.4. The summed E-state index contributed by atoms with van der Waals surface area (Å²) in [5.41, 5.74) is 6.24. The fourth-order valence-corrected chi connectivity index (χ4v) is 7.45. The topological polar surface area (TPSA) is 26.3 Å². The summed E-state index contributed by atoms with van der Waals surface area (Å²) in [6.45, 7) is 20.9. The maximum absolute atomic E-state index is 13.7. The van der Waals surface area contributed by atoms with Crippen LogP contribution in [-0.4, -0.2) is 0 Å². The van der Waals surface area contributed by atoms with E-state index in [1.54, 1.807) is 0 Å². The van der Waals surface area contributed by atoms with Crippen LogP contribution in [0.3, 0.4) is 0 Å². The van der Waals surface area contributed by atoms with E-state index in [1.165, 1.54) is 80.9 Å². The van der Waals surface area contributed by atoms with Crippen LogP contribution in [0.5, 0.6) is 5.75 Å². The van der Waals surface area contributed by atoms with Crippen molar-refractivity contribution in [2.45, 2.75) is 156 Å². The molecule has 2 aromatic rings. The van der Waals surface area contributed by atoms with Gasteiger partial charge < -0.3 is 4.52 Å². The summed E-state index contributed by atoms with van der Waals surface area (Å²) in [5, 5.41) is 0.907. The first kappa shape index (κ1) is 32.0. The van der Waals surface area contributed by atoms with Crippen molar-refractivity contribution >= 4 is 13.3 Å². The molecule has 0 spiro atoms. The average Bonchev–Trinajstić information content (AvgIpc) is 2.88. The molecular weight excluding hydrogens is 495 g/mol. The molecule has 1 aliphatic heterocycles. The van der Waals surface area contributed by atoms with Crippen molar-refractivity contribution in [1.29, 1.82) is 0 Å². The lowest BCUT2D eigenvalue weighted by molar-refractivity contribution is 0.424. The third-order valence-electron chi connectivity index (χ3n) is 9.32. The molecule has 39 heavy (non-hydrogen) atoms. The van der Waals surface area contributed by atoms with E-state index in [1.807, 2.05) is 0 Å². The summed E-state index contributed by atoms with van der Waals surface area (Å²) in [6.07, 6.45) is 14.5. The van der Waals surface area contributed by atoms with E-state index in [4.69, 9.17) is 4.52 Å². The third kappa shape index (κ3) is 7.61. The molecule has 3 rings (SSSR count). The maximum atomic E-state index is 13.7. The second-order valence-corrected chi connectivity index (χ2v) is 15.4. The van der Waals surface area contributed by atoms with E-state index >= 15 is 0 Å². The Bertz CT molecular complexity index is 1130. The van der Waals surface area contributed by atoms with Gasteiger partial charge in [0.2, 0.25) is 0 Å². The van der Waals surface area contributed by atoms with Gasteiger partial charge in [0.05, 0.1) is 5.30 Å². The average molecular weight is 553 g/mol. The van der Waals surface area contributed by atoms with E-state index in [-0.39, 0.29) is 16.2 Å². The maximum Gasteiger partial charge on any atom is 0.266 e. The summed E-state index contributed by atoms with van der Waals surface area (Å²) >= 11 is 0. The second kappa shape index (κ2) is 13.4. The summed E-state index contributed by atoms with van der Waals surface area (Å²) in [5.74, 6) is 0.871. The number of hydrogen-bond acceptors (Lipinski definition) is 2. The van der Waals surface area contributed by atoms with E-state index in [0.29, 0.717) is 0 Å². The molecule has 1 heterocycles. The Kier molecular flexibility index (Phi) is 11.0. The molecular formula is C36H57O2P. The molecule has 0 saturated heterocycles. The van der Waals surface area contributed by atoms with E-state index < -0.39 is 8.03 Å². The van der Waals surface area contributed by atoms with Crippen LogP contribution < -0.4 is 9.83 Å². The molecule has 0 radical (unpaired) electrons. The van der Waals surface area contributed by atoms with Crippen molar-refractivity contribution in [3.05, 3.63) is 47.0 Å². The first-order valence-corrected chi connectivity index (χ1v) is 17.3. The Morgan fingerprint density at radius 3 is 1.67 bits per heavy atom. The van der Waals surface area contributed by atoms with Crippen LogP contribution in [0.15, 0.2) is 30.3 Å². The summed E-state index contributed by atoms with van der Waals surface area (Å²) in [6, 6.07) is 11.5. The zero-order valence-electron chi connectivity index (χ0n) is 26.7. The molecule has 1 aliphatic rings. The van der Waals surface area contributed by atoms with Crippen molar-refractivity contribution in [3.63, 3.8) is 0 Å². The van der Waals surface area contributed by atoms with Gasteiger partial charge in [-0.3, -0.25) is 4.57 Å². The van der Waals surface area contributed by atoms with Gasteiger partial charge in [-0.2, -0.15) is 0 Å². The van der Waals surface area contributed by atoms with Gasteiger partial charge in [-0.05, 0) is 64.3 Å². The summed E-state index contributed by atoms with van der Waals surface area (Å²) in [4.78, 5) is 0. The minimum Gasteiger partial charge on any atom is -0.441 e. The molecule has 0 bridgehead atoms. The molecule has 0 aromatic heterocycles. The molecule has 1 atom stereocenters. The monoisotopic (exact) mass is 552 g/mol. The Hall–Kier alpha value is -1.53. The lowest BCUT2D eigenvalue weighted by atomic mass is 9.73.